The number of esters is 1. The van der Waals surface area contributed by atoms with Crippen LogP contribution in [0.5, 0.6) is 0 Å². The number of nitrogens with zero attached hydrogens (tertiary/aromatic N) is 5. The lowest BCUT2D eigenvalue weighted by Crippen LogP contribution is -2.26. The average molecular weight is 524 g/mol. The molecule has 3 aromatic heterocycles. The fourth-order valence-corrected chi connectivity index (χ4v) is 5.02. The number of hydrogen-bond acceptors (Lipinski definition) is 6. The molecule has 5 aromatic rings. The summed E-state index contributed by atoms with van der Waals surface area (Å²) in [6, 6.07) is 13.9. The molecule has 0 saturated heterocycles. The van der Waals surface area contributed by atoms with Gasteiger partial charge in [-0.3, -0.25) is 14.3 Å². The summed E-state index contributed by atoms with van der Waals surface area (Å²) in [5.74, 6) is 0.00491. The lowest BCUT2D eigenvalue weighted by Gasteiger charge is -2.11. The number of aryl methyl sites for hydroxylation is 3. The lowest BCUT2D eigenvalue weighted by molar-refractivity contribution is 0.0603. The van der Waals surface area contributed by atoms with Gasteiger partial charge in [-0.1, -0.05) is 30.3 Å². The van der Waals surface area contributed by atoms with E-state index in [1.54, 1.807) is 44.4 Å². The number of aromatic nitrogens is 4. The van der Waals surface area contributed by atoms with Crippen LogP contribution in [0.25, 0.3) is 21.9 Å². The van der Waals surface area contributed by atoms with Gasteiger partial charge in [0, 0.05) is 49.0 Å². The SMILES string of the molecule is COC(=O)c1cccc2c1c(C(=O)c1ccc(Cn3c(C)nc4cc(C)nc(C)c43)cc1)cn2C(=O)N(C)C. The quantitative estimate of drug-likeness (QED) is 0.240. The Balaban J connectivity index is 1.54. The first-order valence-electron chi connectivity index (χ1n) is 12.5. The average Bonchev–Trinajstić information content (AvgIpc) is 3.45. The van der Waals surface area contributed by atoms with Gasteiger partial charge >= 0.3 is 12.0 Å². The number of rotatable bonds is 5. The van der Waals surface area contributed by atoms with E-state index < -0.39 is 5.97 Å². The second-order valence-corrected chi connectivity index (χ2v) is 9.77. The topological polar surface area (TPSA) is 99.3 Å². The zero-order chi connectivity index (χ0) is 28.0. The molecule has 39 heavy (non-hydrogen) atoms. The predicted octanol–water partition coefficient (Wildman–Crippen LogP) is 4.91. The summed E-state index contributed by atoms with van der Waals surface area (Å²) in [4.78, 5) is 49.9. The Hall–Kier alpha value is -4.79. The Morgan fingerprint density at radius 3 is 2.33 bits per heavy atom. The zero-order valence-corrected chi connectivity index (χ0v) is 22.8. The van der Waals surface area contributed by atoms with E-state index in [4.69, 9.17) is 9.72 Å². The van der Waals surface area contributed by atoms with E-state index in [0.717, 1.165) is 33.8 Å². The molecule has 0 bridgehead atoms. The van der Waals surface area contributed by atoms with E-state index >= 15 is 0 Å². The number of pyridine rings is 1. The highest BCUT2D eigenvalue weighted by molar-refractivity contribution is 6.21. The third-order valence-corrected chi connectivity index (χ3v) is 6.84. The van der Waals surface area contributed by atoms with Crippen LogP contribution < -0.4 is 0 Å². The highest BCUT2D eigenvalue weighted by Gasteiger charge is 2.25. The van der Waals surface area contributed by atoms with Crippen molar-refractivity contribution in [2.24, 2.45) is 0 Å². The van der Waals surface area contributed by atoms with Crippen LogP contribution in [0.15, 0.2) is 54.7 Å². The minimum atomic E-state index is -0.581. The Morgan fingerprint density at radius 1 is 0.949 bits per heavy atom. The first-order valence-corrected chi connectivity index (χ1v) is 12.5. The molecule has 0 aliphatic carbocycles. The number of hydrogen-bond donors (Lipinski definition) is 0. The summed E-state index contributed by atoms with van der Waals surface area (Å²) in [5, 5.41) is 0.382. The van der Waals surface area contributed by atoms with Gasteiger partial charge in [-0.2, -0.15) is 0 Å². The van der Waals surface area contributed by atoms with Crippen molar-refractivity contribution in [3.8, 4) is 0 Å². The monoisotopic (exact) mass is 523 g/mol. The Morgan fingerprint density at radius 2 is 1.67 bits per heavy atom. The molecule has 0 saturated carbocycles. The van der Waals surface area contributed by atoms with E-state index in [9.17, 15) is 14.4 Å². The fraction of sp³-hybridized carbons (Fsp3) is 0.233. The second kappa shape index (κ2) is 9.83. The molecule has 0 atom stereocenters. The standard InChI is InChI=1S/C30H29N5O4/c1-17-14-24-27(18(2)31-17)34(19(3)32-24)15-20-10-12-21(13-11-20)28(36)23-16-35(30(38)33(4)5)25-9-7-8-22(26(23)25)29(37)39-6/h7-14,16H,15H2,1-6H3. The first-order chi connectivity index (χ1) is 18.6. The molecule has 0 aliphatic heterocycles. The van der Waals surface area contributed by atoms with Crippen molar-refractivity contribution in [3.05, 3.63) is 94.2 Å². The van der Waals surface area contributed by atoms with E-state index in [-0.39, 0.29) is 22.9 Å². The Kier molecular flexibility index (Phi) is 6.51. The molecule has 2 aromatic carbocycles. The predicted molar refractivity (Wildman–Crippen MR) is 148 cm³/mol. The number of ketones is 1. The van der Waals surface area contributed by atoms with Crippen molar-refractivity contribution in [1.29, 1.82) is 0 Å². The van der Waals surface area contributed by atoms with Crippen molar-refractivity contribution < 1.29 is 19.1 Å². The molecule has 0 radical (unpaired) electrons. The molecule has 0 fully saturated rings. The van der Waals surface area contributed by atoms with Gasteiger partial charge in [-0.15, -0.1) is 0 Å². The van der Waals surface area contributed by atoms with Crippen LogP contribution in [0, 0.1) is 20.8 Å². The van der Waals surface area contributed by atoms with Crippen LogP contribution >= 0.6 is 0 Å². The van der Waals surface area contributed by atoms with Crippen molar-refractivity contribution in [1.82, 2.24) is 24.0 Å². The van der Waals surface area contributed by atoms with Crippen molar-refractivity contribution >= 4 is 39.7 Å². The Bertz CT molecular complexity index is 1780. The van der Waals surface area contributed by atoms with Crippen LogP contribution in [-0.2, 0) is 11.3 Å². The maximum Gasteiger partial charge on any atom is 0.338 e. The second-order valence-electron chi connectivity index (χ2n) is 9.77. The number of imidazole rings is 1. The molecule has 9 nitrogen and oxygen atoms in total. The van der Waals surface area contributed by atoms with Gasteiger partial charge in [0.25, 0.3) is 0 Å². The third-order valence-electron chi connectivity index (χ3n) is 6.84. The smallest absolute Gasteiger partial charge is 0.338 e. The van der Waals surface area contributed by atoms with E-state index in [2.05, 4.69) is 9.55 Å². The van der Waals surface area contributed by atoms with E-state index in [1.807, 2.05) is 39.0 Å². The molecule has 198 valence electrons. The number of fused-ring (bicyclic) bond motifs is 2. The van der Waals surface area contributed by atoms with Crippen LogP contribution in [-0.4, -0.2) is 63.0 Å². The molecule has 9 heteroatoms. The number of carbonyl (C=O) groups is 3. The number of ether oxygens (including phenoxy) is 1. The van der Waals surface area contributed by atoms with Gasteiger partial charge in [0.15, 0.2) is 5.78 Å². The fourth-order valence-electron chi connectivity index (χ4n) is 5.02. The summed E-state index contributed by atoms with van der Waals surface area (Å²) in [6.45, 7) is 6.48. The van der Waals surface area contributed by atoms with Gasteiger partial charge in [0.05, 0.1) is 34.9 Å². The van der Waals surface area contributed by atoms with Crippen LogP contribution in [0.4, 0.5) is 4.79 Å². The van der Waals surface area contributed by atoms with Crippen LogP contribution in [0.3, 0.4) is 0 Å². The molecule has 5 rings (SSSR count). The Labute approximate surface area is 225 Å². The largest absolute Gasteiger partial charge is 0.465 e. The van der Waals surface area contributed by atoms with Crippen molar-refractivity contribution in [3.63, 3.8) is 0 Å². The van der Waals surface area contributed by atoms with Gasteiger partial charge in [0.2, 0.25) is 0 Å². The van der Waals surface area contributed by atoms with Gasteiger partial charge in [-0.05, 0) is 44.5 Å². The maximum atomic E-state index is 13.7. The van der Waals surface area contributed by atoms with Gasteiger partial charge in [-0.25, -0.2) is 14.6 Å². The molecular formula is C30H29N5O4. The lowest BCUT2D eigenvalue weighted by atomic mass is 9.98. The summed E-state index contributed by atoms with van der Waals surface area (Å²) < 4.78 is 8.46. The highest BCUT2D eigenvalue weighted by Crippen LogP contribution is 2.29. The minimum absolute atomic E-state index is 0.224. The van der Waals surface area contributed by atoms with E-state index in [1.165, 1.54) is 22.8 Å². The highest BCUT2D eigenvalue weighted by atomic mass is 16.5. The molecular weight excluding hydrogens is 494 g/mol. The summed E-state index contributed by atoms with van der Waals surface area (Å²) in [5.41, 5.74) is 6.12. The van der Waals surface area contributed by atoms with Crippen molar-refractivity contribution in [2.75, 3.05) is 21.2 Å². The number of benzene rings is 2. The van der Waals surface area contributed by atoms with Gasteiger partial charge < -0.3 is 14.2 Å². The summed E-state index contributed by atoms with van der Waals surface area (Å²) in [6.07, 6.45) is 1.49. The molecule has 0 aliphatic rings. The number of carbonyl (C=O) groups excluding carboxylic acids is 3. The summed E-state index contributed by atoms with van der Waals surface area (Å²) >= 11 is 0. The molecule has 0 unspecified atom stereocenters. The van der Waals surface area contributed by atoms with Crippen molar-refractivity contribution in [2.45, 2.75) is 27.3 Å². The number of amides is 1. The first kappa shape index (κ1) is 25.8. The molecule has 0 spiro atoms. The number of methoxy groups -OCH3 is 1. The van der Waals surface area contributed by atoms with Gasteiger partial charge in [0.1, 0.15) is 5.82 Å². The minimum Gasteiger partial charge on any atom is -0.465 e. The third kappa shape index (κ3) is 4.46. The summed E-state index contributed by atoms with van der Waals surface area (Å²) in [7, 11) is 4.54. The normalized spacial score (nSPS) is 11.2. The van der Waals surface area contributed by atoms with Crippen LogP contribution in [0.1, 0.15) is 49.1 Å². The zero-order valence-electron chi connectivity index (χ0n) is 22.8. The van der Waals surface area contributed by atoms with E-state index in [0.29, 0.717) is 23.0 Å². The molecule has 1 amide bonds. The maximum absolute atomic E-state index is 13.7. The van der Waals surface area contributed by atoms with Crippen LogP contribution in [0.2, 0.25) is 0 Å². The molecule has 0 N–H and O–H groups in total. The molecule has 3 heterocycles.